The minimum Gasteiger partial charge on any atom is -0.387 e. The second-order valence-electron chi connectivity index (χ2n) is 21.3. The number of phosphoric ester groups is 1. The largest absolute Gasteiger partial charge is 0.472 e. The summed E-state index contributed by atoms with van der Waals surface area (Å²) in [5, 5.41) is 13.9. The van der Waals surface area contributed by atoms with Gasteiger partial charge in [0.1, 0.15) is 13.2 Å². The third-order valence-electron chi connectivity index (χ3n) is 13.0. The lowest BCUT2D eigenvalue weighted by Crippen LogP contribution is -2.45. The van der Waals surface area contributed by atoms with Crippen LogP contribution in [0.4, 0.5) is 0 Å². The van der Waals surface area contributed by atoms with Crippen LogP contribution < -0.4 is 5.32 Å². The molecule has 8 nitrogen and oxygen atoms in total. The van der Waals surface area contributed by atoms with Gasteiger partial charge in [-0.2, -0.15) is 0 Å². The summed E-state index contributed by atoms with van der Waals surface area (Å²) in [4.78, 5) is 23.3. The maximum Gasteiger partial charge on any atom is 0.472 e. The molecular weight excluding hydrogens is 936 g/mol. The molecule has 0 saturated heterocycles. The predicted octanol–water partition coefficient (Wildman–Crippen LogP) is 18.8. The summed E-state index contributed by atoms with van der Waals surface area (Å²) in [6.07, 6.45) is 80.4. The molecule has 0 aliphatic heterocycles. The Balaban J connectivity index is 4.22. The Morgan fingerprint density at radius 3 is 1.19 bits per heavy atom. The van der Waals surface area contributed by atoms with Gasteiger partial charge in [0.05, 0.1) is 39.9 Å². The first kappa shape index (κ1) is 71.2. The first-order chi connectivity index (χ1) is 36.0. The first-order valence-electron chi connectivity index (χ1n) is 30.3. The van der Waals surface area contributed by atoms with E-state index >= 15 is 0 Å². The molecule has 0 fully saturated rings. The number of carbonyl (C=O) groups excluding carboxylic acids is 1. The minimum atomic E-state index is -4.36. The number of unbranched alkanes of at least 4 members (excludes halogenated alkanes) is 25. The van der Waals surface area contributed by atoms with Crippen molar-refractivity contribution in [3.63, 3.8) is 0 Å². The molecule has 0 radical (unpaired) electrons. The highest BCUT2D eigenvalue weighted by Crippen LogP contribution is 2.43. The number of carbonyl (C=O) groups is 1. The van der Waals surface area contributed by atoms with Crippen molar-refractivity contribution in [2.45, 2.75) is 257 Å². The van der Waals surface area contributed by atoms with Crippen molar-refractivity contribution in [3.05, 3.63) is 109 Å². The number of allylic oxidation sites excluding steroid dienone is 17. The third kappa shape index (κ3) is 56.9. The van der Waals surface area contributed by atoms with Crippen LogP contribution in [0.25, 0.3) is 0 Å². The fourth-order valence-electron chi connectivity index (χ4n) is 8.29. The van der Waals surface area contributed by atoms with Crippen LogP contribution in [0.2, 0.25) is 0 Å². The van der Waals surface area contributed by atoms with E-state index in [1.165, 1.54) is 122 Å². The zero-order valence-electron chi connectivity index (χ0n) is 48.5. The number of nitrogens with zero attached hydrogens (tertiary/aromatic N) is 1. The van der Waals surface area contributed by atoms with E-state index in [9.17, 15) is 19.4 Å². The molecule has 74 heavy (non-hydrogen) atoms. The number of hydrogen-bond donors (Lipinski definition) is 3. The highest BCUT2D eigenvalue weighted by atomic mass is 31.2. The van der Waals surface area contributed by atoms with Crippen LogP contribution in [-0.2, 0) is 18.4 Å². The summed E-state index contributed by atoms with van der Waals surface area (Å²) >= 11 is 0. The van der Waals surface area contributed by atoms with Crippen molar-refractivity contribution >= 4 is 13.7 Å². The summed E-state index contributed by atoms with van der Waals surface area (Å²) in [7, 11) is 1.56. The van der Waals surface area contributed by atoms with Gasteiger partial charge in [0, 0.05) is 6.42 Å². The van der Waals surface area contributed by atoms with E-state index in [4.69, 9.17) is 9.05 Å². The second-order valence-corrected chi connectivity index (χ2v) is 22.8. The van der Waals surface area contributed by atoms with Crippen molar-refractivity contribution in [2.75, 3.05) is 40.9 Å². The fraction of sp³-hybridized carbons (Fsp3) is 0.708. The van der Waals surface area contributed by atoms with Gasteiger partial charge in [0.25, 0.3) is 0 Å². The molecule has 0 aliphatic rings. The molecule has 0 rings (SSSR count). The van der Waals surface area contributed by atoms with Crippen molar-refractivity contribution < 1.29 is 32.9 Å². The minimum absolute atomic E-state index is 0.0548. The monoisotopic (exact) mass is 1050 g/mol. The van der Waals surface area contributed by atoms with Crippen molar-refractivity contribution in [3.8, 4) is 0 Å². The normalized spacial score (nSPS) is 14.6. The van der Waals surface area contributed by atoms with Gasteiger partial charge >= 0.3 is 7.82 Å². The Morgan fingerprint density at radius 2 is 0.811 bits per heavy atom. The zero-order chi connectivity index (χ0) is 54.2. The molecule has 3 atom stereocenters. The molecule has 0 aliphatic carbocycles. The summed E-state index contributed by atoms with van der Waals surface area (Å²) in [6.45, 7) is 4.70. The maximum absolute atomic E-state index is 13.0. The Hall–Kier alpha value is -2.84. The summed E-state index contributed by atoms with van der Waals surface area (Å²) in [6, 6.07) is -0.859. The van der Waals surface area contributed by atoms with E-state index in [-0.39, 0.29) is 19.1 Å². The fourth-order valence-corrected chi connectivity index (χ4v) is 9.03. The lowest BCUT2D eigenvalue weighted by Gasteiger charge is -2.25. The van der Waals surface area contributed by atoms with E-state index in [1.54, 1.807) is 6.08 Å². The molecule has 0 aromatic rings. The van der Waals surface area contributed by atoms with E-state index in [2.05, 4.69) is 116 Å². The van der Waals surface area contributed by atoms with Gasteiger partial charge in [-0.15, -0.1) is 0 Å². The standard InChI is InChI=1S/C65H115N2O6P/c1-6-8-10-12-14-16-18-20-22-24-26-27-28-29-30-31-32-33-34-35-36-37-38-39-41-43-45-47-49-51-53-55-57-59-65(69)66-63(62-73-74(70,71)72-61-60-67(3,4)5)64(68)58-56-54-52-50-48-46-44-42-40-25-23-21-19-17-15-13-11-9-7-2/h8,10,14,16,20,22,26-27,29-30,32-33,35-36,38-39,56,58,63-64,68H,6-7,9,11-13,15,17-19,21,23-25,28,31,34,37,40-55,57,59-62H2,1-5H3,(H-,66,69,70,71)/p+1/b10-8-,16-14-,22-20-,27-26-,30-29-,33-32-,36-35-,39-38-,58-56+. The van der Waals surface area contributed by atoms with Gasteiger partial charge < -0.3 is 19.8 Å². The Bertz CT molecular complexity index is 1570. The van der Waals surface area contributed by atoms with Crippen LogP contribution in [0.3, 0.4) is 0 Å². The number of nitrogens with one attached hydrogen (secondary N) is 1. The second kappa shape index (κ2) is 54.9. The SMILES string of the molecule is CC/C=C\C/C=C\C/C=C\C/C=C\C/C=C\C/C=C\C/C=C\C/C=C\CCCCCCCCCCC(=O)NC(COP(=O)(O)OCC[N+](C)(C)C)C(O)/C=C/CCCCCCCCCCCCCCCCCCC. The van der Waals surface area contributed by atoms with Crippen LogP contribution >= 0.6 is 7.82 Å². The molecule has 0 aromatic heterocycles. The lowest BCUT2D eigenvalue weighted by molar-refractivity contribution is -0.870. The van der Waals surface area contributed by atoms with Gasteiger partial charge in [-0.25, -0.2) is 4.57 Å². The predicted molar refractivity (Wildman–Crippen MR) is 322 cm³/mol. The van der Waals surface area contributed by atoms with Crippen molar-refractivity contribution in [1.82, 2.24) is 5.32 Å². The highest BCUT2D eigenvalue weighted by molar-refractivity contribution is 7.47. The van der Waals surface area contributed by atoms with Gasteiger partial charge in [0.2, 0.25) is 5.91 Å². The number of likely N-dealkylation sites (N-methyl/N-ethyl adjacent to an activating group) is 1. The summed E-state index contributed by atoms with van der Waals surface area (Å²) < 4.78 is 23.7. The van der Waals surface area contributed by atoms with Crippen molar-refractivity contribution in [1.29, 1.82) is 0 Å². The van der Waals surface area contributed by atoms with E-state index < -0.39 is 20.0 Å². The van der Waals surface area contributed by atoms with Gasteiger partial charge in [0.15, 0.2) is 0 Å². The number of quaternary nitrogens is 1. The molecule has 3 N–H and O–H groups in total. The van der Waals surface area contributed by atoms with E-state index in [0.717, 1.165) is 103 Å². The van der Waals surface area contributed by atoms with Gasteiger partial charge in [-0.1, -0.05) is 264 Å². The Morgan fingerprint density at radius 1 is 0.473 bits per heavy atom. The van der Waals surface area contributed by atoms with Gasteiger partial charge in [-0.05, 0) is 83.5 Å². The quantitative estimate of drug-likeness (QED) is 0.0243. The van der Waals surface area contributed by atoms with Crippen LogP contribution in [0.5, 0.6) is 0 Å². The first-order valence-corrected chi connectivity index (χ1v) is 31.8. The Labute approximate surface area is 457 Å². The maximum atomic E-state index is 13.0. The summed E-state index contributed by atoms with van der Waals surface area (Å²) in [5.41, 5.74) is 0. The molecule has 426 valence electrons. The molecule has 0 aromatic carbocycles. The molecule has 0 heterocycles. The molecular formula is C65H116N2O6P+. The molecule has 1 amide bonds. The van der Waals surface area contributed by atoms with Crippen LogP contribution in [0, 0.1) is 0 Å². The lowest BCUT2D eigenvalue weighted by atomic mass is 10.0. The molecule has 3 unspecified atom stereocenters. The number of aliphatic hydroxyl groups excluding tert-OH is 1. The Kier molecular flexibility index (Phi) is 52.8. The van der Waals surface area contributed by atoms with E-state index in [0.29, 0.717) is 17.4 Å². The van der Waals surface area contributed by atoms with Crippen LogP contribution in [-0.4, -0.2) is 73.4 Å². The number of aliphatic hydroxyl groups is 1. The third-order valence-corrected chi connectivity index (χ3v) is 14.0. The van der Waals surface area contributed by atoms with Crippen LogP contribution in [0.15, 0.2) is 109 Å². The molecule has 0 saturated carbocycles. The zero-order valence-corrected chi connectivity index (χ0v) is 49.4. The van der Waals surface area contributed by atoms with Gasteiger partial charge in [-0.3, -0.25) is 13.8 Å². The van der Waals surface area contributed by atoms with E-state index in [1.807, 2.05) is 27.2 Å². The number of rotatable bonds is 54. The number of hydrogen-bond acceptors (Lipinski definition) is 5. The van der Waals surface area contributed by atoms with Crippen LogP contribution in [0.1, 0.15) is 245 Å². The number of phosphoric acid groups is 1. The topological polar surface area (TPSA) is 105 Å². The molecule has 0 bridgehead atoms. The molecule has 0 spiro atoms. The van der Waals surface area contributed by atoms with Crippen molar-refractivity contribution in [2.24, 2.45) is 0 Å². The smallest absolute Gasteiger partial charge is 0.387 e. The average molecular weight is 1050 g/mol. The molecule has 9 heteroatoms. The summed E-state index contributed by atoms with van der Waals surface area (Å²) in [5.74, 6) is -0.189. The number of amides is 1. The average Bonchev–Trinajstić information content (AvgIpc) is 3.36. The highest BCUT2D eigenvalue weighted by Gasteiger charge is 2.27.